The average molecular weight is 226 g/mol. The number of nitrogens with one attached hydrogen (secondary N) is 1. The van der Waals surface area contributed by atoms with Gasteiger partial charge in [0.15, 0.2) is 5.69 Å². The van der Waals surface area contributed by atoms with E-state index < -0.39 is 5.97 Å². The Kier molecular flexibility index (Phi) is 4.97. The first kappa shape index (κ1) is 11.8. The van der Waals surface area contributed by atoms with Gasteiger partial charge in [0.25, 0.3) is 0 Å². The molecule has 0 saturated carbocycles. The van der Waals surface area contributed by atoms with E-state index >= 15 is 0 Å². The predicted molar refractivity (Wildman–Crippen MR) is 62.7 cm³/mol. The van der Waals surface area contributed by atoms with Crippen molar-refractivity contribution in [1.29, 1.82) is 0 Å². The number of thioether (sulfide) groups is 1. The monoisotopic (exact) mass is 226 g/mol. The lowest BCUT2D eigenvalue weighted by Crippen LogP contribution is -2.07. The fraction of sp³-hybridized carbons (Fsp3) is 0.400. The summed E-state index contributed by atoms with van der Waals surface area (Å²) in [5.41, 5.74) is 0.0740. The Morgan fingerprint density at radius 1 is 1.60 bits per heavy atom. The van der Waals surface area contributed by atoms with Crippen LogP contribution in [0.15, 0.2) is 18.2 Å². The van der Waals surface area contributed by atoms with Crippen molar-refractivity contribution in [2.75, 3.05) is 23.9 Å². The molecule has 1 aromatic heterocycles. The summed E-state index contributed by atoms with van der Waals surface area (Å²) in [6.07, 6.45) is 3.10. The second-order valence-electron chi connectivity index (χ2n) is 2.99. The maximum absolute atomic E-state index is 10.6. The smallest absolute Gasteiger partial charge is 0.354 e. The van der Waals surface area contributed by atoms with Gasteiger partial charge in [0, 0.05) is 6.54 Å². The molecule has 82 valence electrons. The van der Waals surface area contributed by atoms with Gasteiger partial charge >= 0.3 is 5.97 Å². The minimum atomic E-state index is -0.997. The third-order valence-corrected chi connectivity index (χ3v) is 2.50. The number of carboxylic acid groups (broad SMARTS) is 1. The van der Waals surface area contributed by atoms with Gasteiger partial charge in [0.05, 0.1) is 0 Å². The molecule has 0 amide bonds. The van der Waals surface area contributed by atoms with Crippen LogP contribution in [0.4, 0.5) is 5.82 Å². The van der Waals surface area contributed by atoms with Gasteiger partial charge in [0.1, 0.15) is 5.82 Å². The number of aromatic nitrogens is 1. The maximum atomic E-state index is 10.6. The molecule has 0 atom stereocenters. The van der Waals surface area contributed by atoms with Crippen LogP contribution in [0, 0.1) is 0 Å². The van der Waals surface area contributed by atoms with Crippen molar-refractivity contribution in [3.05, 3.63) is 23.9 Å². The van der Waals surface area contributed by atoms with E-state index in [4.69, 9.17) is 5.11 Å². The highest BCUT2D eigenvalue weighted by atomic mass is 32.2. The average Bonchev–Trinajstić information content (AvgIpc) is 2.25. The van der Waals surface area contributed by atoms with Gasteiger partial charge in [-0.2, -0.15) is 11.8 Å². The zero-order chi connectivity index (χ0) is 11.1. The first-order valence-electron chi connectivity index (χ1n) is 4.67. The van der Waals surface area contributed by atoms with Crippen LogP contribution in [-0.2, 0) is 0 Å². The predicted octanol–water partition coefficient (Wildman–Crippen LogP) is 1.94. The SMILES string of the molecule is CSCCCNc1cccc(C(=O)O)n1. The second kappa shape index (κ2) is 6.29. The van der Waals surface area contributed by atoms with E-state index in [0.717, 1.165) is 18.7 Å². The van der Waals surface area contributed by atoms with Crippen LogP contribution < -0.4 is 5.32 Å². The van der Waals surface area contributed by atoms with Gasteiger partial charge in [-0.15, -0.1) is 0 Å². The maximum Gasteiger partial charge on any atom is 0.354 e. The van der Waals surface area contributed by atoms with Crippen molar-refractivity contribution in [3.8, 4) is 0 Å². The Bertz CT molecular complexity index is 331. The Labute approximate surface area is 93.1 Å². The molecule has 1 rings (SSSR count). The molecular weight excluding hydrogens is 212 g/mol. The third kappa shape index (κ3) is 4.20. The highest BCUT2D eigenvalue weighted by molar-refractivity contribution is 7.98. The summed E-state index contributed by atoms with van der Waals surface area (Å²) in [4.78, 5) is 14.6. The topological polar surface area (TPSA) is 62.2 Å². The van der Waals surface area contributed by atoms with E-state index in [1.165, 1.54) is 6.07 Å². The van der Waals surface area contributed by atoms with E-state index in [2.05, 4.69) is 16.6 Å². The summed E-state index contributed by atoms with van der Waals surface area (Å²) in [5.74, 6) is 0.713. The first-order chi connectivity index (χ1) is 7.24. The van der Waals surface area contributed by atoms with Gasteiger partial charge in [-0.3, -0.25) is 0 Å². The normalized spacial score (nSPS) is 9.93. The molecule has 0 fully saturated rings. The Hall–Kier alpha value is -1.23. The van der Waals surface area contributed by atoms with E-state index in [0.29, 0.717) is 5.82 Å². The van der Waals surface area contributed by atoms with Gasteiger partial charge < -0.3 is 10.4 Å². The number of pyridine rings is 1. The third-order valence-electron chi connectivity index (χ3n) is 1.80. The first-order valence-corrected chi connectivity index (χ1v) is 6.06. The molecule has 4 nitrogen and oxygen atoms in total. The quantitative estimate of drug-likeness (QED) is 0.726. The number of rotatable bonds is 6. The number of hydrogen-bond acceptors (Lipinski definition) is 4. The molecule has 0 radical (unpaired) electrons. The lowest BCUT2D eigenvalue weighted by molar-refractivity contribution is 0.0690. The zero-order valence-electron chi connectivity index (χ0n) is 8.56. The molecule has 0 aliphatic rings. The van der Waals surface area contributed by atoms with Gasteiger partial charge in [-0.05, 0) is 30.6 Å². The number of carboxylic acids is 1. The lowest BCUT2D eigenvalue weighted by Gasteiger charge is -2.04. The summed E-state index contributed by atoms with van der Waals surface area (Å²) in [7, 11) is 0. The summed E-state index contributed by atoms with van der Waals surface area (Å²) in [6.45, 7) is 0.816. The van der Waals surface area contributed by atoms with E-state index in [9.17, 15) is 4.79 Å². The highest BCUT2D eigenvalue weighted by Crippen LogP contribution is 2.05. The van der Waals surface area contributed by atoms with Crippen molar-refractivity contribution in [1.82, 2.24) is 4.98 Å². The van der Waals surface area contributed by atoms with Crippen LogP contribution in [-0.4, -0.2) is 34.6 Å². The minimum Gasteiger partial charge on any atom is -0.477 e. The van der Waals surface area contributed by atoms with E-state index in [-0.39, 0.29) is 5.69 Å². The molecule has 1 heterocycles. The van der Waals surface area contributed by atoms with Gasteiger partial charge in [-0.25, -0.2) is 9.78 Å². The van der Waals surface area contributed by atoms with Crippen LogP contribution in [0.1, 0.15) is 16.9 Å². The zero-order valence-corrected chi connectivity index (χ0v) is 9.38. The second-order valence-corrected chi connectivity index (χ2v) is 3.97. The highest BCUT2D eigenvalue weighted by Gasteiger charge is 2.03. The largest absolute Gasteiger partial charge is 0.477 e. The molecule has 0 saturated heterocycles. The molecular formula is C10H14N2O2S. The molecule has 0 unspecified atom stereocenters. The van der Waals surface area contributed by atoms with Crippen molar-refractivity contribution in [2.24, 2.45) is 0 Å². The summed E-state index contributed by atoms with van der Waals surface area (Å²) in [5, 5.41) is 11.8. The lowest BCUT2D eigenvalue weighted by atomic mass is 10.3. The Morgan fingerprint density at radius 2 is 2.40 bits per heavy atom. The van der Waals surface area contributed by atoms with Crippen molar-refractivity contribution >= 4 is 23.5 Å². The molecule has 2 N–H and O–H groups in total. The Balaban J connectivity index is 2.47. The molecule has 15 heavy (non-hydrogen) atoms. The molecule has 0 aromatic carbocycles. The van der Waals surface area contributed by atoms with Gasteiger partial charge in [0.2, 0.25) is 0 Å². The summed E-state index contributed by atoms with van der Waals surface area (Å²) < 4.78 is 0. The molecule has 0 bridgehead atoms. The molecule has 5 heteroatoms. The van der Waals surface area contributed by atoms with Crippen molar-refractivity contribution in [2.45, 2.75) is 6.42 Å². The minimum absolute atomic E-state index is 0.0740. The number of anilines is 1. The number of carbonyl (C=O) groups is 1. The molecule has 1 aromatic rings. The van der Waals surface area contributed by atoms with Crippen molar-refractivity contribution in [3.63, 3.8) is 0 Å². The molecule has 0 spiro atoms. The van der Waals surface area contributed by atoms with Gasteiger partial charge in [-0.1, -0.05) is 6.07 Å². The van der Waals surface area contributed by atoms with Crippen LogP contribution >= 0.6 is 11.8 Å². The Morgan fingerprint density at radius 3 is 3.07 bits per heavy atom. The standard InChI is InChI=1S/C10H14N2O2S/c1-15-7-3-6-11-9-5-2-4-8(12-9)10(13)14/h2,4-5H,3,6-7H2,1H3,(H,11,12)(H,13,14). The number of nitrogens with zero attached hydrogens (tertiary/aromatic N) is 1. The van der Waals surface area contributed by atoms with Crippen molar-refractivity contribution < 1.29 is 9.90 Å². The molecule has 0 aliphatic heterocycles. The van der Waals surface area contributed by atoms with Crippen LogP contribution in [0.5, 0.6) is 0 Å². The fourth-order valence-corrected chi connectivity index (χ4v) is 1.52. The summed E-state index contributed by atoms with van der Waals surface area (Å²) in [6, 6.07) is 4.94. The van der Waals surface area contributed by atoms with Crippen LogP contribution in [0.3, 0.4) is 0 Å². The summed E-state index contributed by atoms with van der Waals surface area (Å²) >= 11 is 1.79. The number of hydrogen-bond donors (Lipinski definition) is 2. The van der Waals surface area contributed by atoms with Crippen LogP contribution in [0.25, 0.3) is 0 Å². The van der Waals surface area contributed by atoms with E-state index in [1.807, 2.05) is 0 Å². The van der Waals surface area contributed by atoms with E-state index in [1.54, 1.807) is 23.9 Å². The fourth-order valence-electron chi connectivity index (χ4n) is 1.09. The molecule has 0 aliphatic carbocycles. The van der Waals surface area contributed by atoms with Crippen LogP contribution in [0.2, 0.25) is 0 Å². The number of aromatic carboxylic acids is 1.